The Hall–Kier alpha value is -0.750. The van der Waals surface area contributed by atoms with Crippen molar-refractivity contribution in [1.29, 1.82) is 0 Å². The van der Waals surface area contributed by atoms with Gasteiger partial charge < -0.3 is 10.6 Å². The maximum Gasteiger partial charge on any atom is 0.191 e. The topological polar surface area (TPSA) is 49.3 Å². The maximum absolute atomic E-state index is 4.67. The fourth-order valence-corrected chi connectivity index (χ4v) is 4.05. The molecule has 112 valence electrons. The van der Waals surface area contributed by atoms with Crippen LogP contribution in [-0.4, -0.2) is 35.0 Å². The van der Waals surface area contributed by atoms with E-state index in [-0.39, 0.29) is 0 Å². The number of thioether (sulfide) groups is 1. The molecule has 1 atom stereocenters. The third-order valence-corrected chi connectivity index (χ3v) is 5.56. The Bertz CT molecular complexity index is 431. The minimum absolute atomic E-state index is 0.548. The first-order chi connectivity index (χ1) is 9.69. The summed E-state index contributed by atoms with van der Waals surface area (Å²) in [5.74, 6) is 3.40. The molecule has 20 heavy (non-hydrogen) atoms. The molecule has 2 rings (SSSR count). The normalized spacial score (nSPS) is 19.9. The van der Waals surface area contributed by atoms with E-state index in [2.05, 4.69) is 41.4 Å². The van der Waals surface area contributed by atoms with Crippen LogP contribution in [0.4, 0.5) is 0 Å². The summed E-state index contributed by atoms with van der Waals surface area (Å²) in [6, 6.07) is 0.548. The SMILES string of the molecule is CCNC(=NCc1nc(C)c(C)s1)NC1CCCSC1. The van der Waals surface area contributed by atoms with E-state index in [1.54, 1.807) is 11.3 Å². The number of guanidine groups is 1. The Morgan fingerprint density at radius 1 is 1.45 bits per heavy atom. The van der Waals surface area contributed by atoms with Gasteiger partial charge >= 0.3 is 0 Å². The van der Waals surface area contributed by atoms with Crippen molar-refractivity contribution in [2.24, 2.45) is 4.99 Å². The number of thiazole rings is 1. The Kier molecular flexibility index (Phi) is 6.16. The van der Waals surface area contributed by atoms with E-state index in [0.29, 0.717) is 12.6 Å². The molecule has 1 aliphatic rings. The van der Waals surface area contributed by atoms with Gasteiger partial charge in [-0.15, -0.1) is 11.3 Å². The molecule has 4 nitrogen and oxygen atoms in total. The van der Waals surface area contributed by atoms with Crippen molar-refractivity contribution in [1.82, 2.24) is 15.6 Å². The number of nitrogens with zero attached hydrogens (tertiary/aromatic N) is 2. The van der Waals surface area contributed by atoms with Crippen LogP contribution in [0.15, 0.2) is 4.99 Å². The molecule has 1 aromatic heterocycles. The second-order valence-corrected chi connectivity index (χ2v) is 7.44. The fraction of sp³-hybridized carbons (Fsp3) is 0.714. The van der Waals surface area contributed by atoms with Gasteiger partial charge in [-0.05, 0) is 39.4 Å². The molecule has 1 unspecified atom stereocenters. The average molecular weight is 313 g/mol. The van der Waals surface area contributed by atoms with Crippen molar-refractivity contribution in [3.05, 3.63) is 15.6 Å². The quantitative estimate of drug-likeness (QED) is 0.663. The maximum atomic E-state index is 4.67. The zero-order valence-corrected chi connectivity index (χ0v) is 14.2. The van der Waals surface area contributed by atoms with Crippen LogP contribution >= 0.6 is 23.1 Å². The Morgan fingerprint density at radius 3 is 2.90 bits per heavy atom. The van der Waals surface area contributed by atoms with Gasteiger partial charge in [-0.2, -0.15) is 11.8 Å². The molecule has 0 saturated carbocycles. The van der Waals surface area contributed by atoms with Gasteiger partial charge in [-0.3, -0.25) is 0 Å². The first kappa shape index (κ1) is 15.6. The summed E-state index contributed by atoms with van der Waals surface area (Å²) < 4.78 is 0. The molecule has 1 fully saturated rings. The molecule has 2 N–H and O–H groups in total. The molecular weight excluding hydrogens is 288 g/mol. The summed E-state index contributed by atoms with van der Waals surface area (Å²) in [5.41, 5.74) is 1.13. The van der Waals surface area contributed by atoms with Crippen LogP contribution in [-0.2, 0) is 6.54 Å². The summed E-state index contributed by atoms with van der Waals surface area (Å²) in [5, 5.41) is 7.96. The molecule has 1 saturated heterocycles. The van der Waals surface area contributed by atoms with Crippen molar-refractivity contribution >= 4 is 29.1 Å². The van der Waals surface area contributed by atoms with Gasteiger partial charge in [0, 0.05) is 23.2 Å². The summed E-state index contributed by atoms with van der Waals surface area (Å²) in [4.78, 5) is 10.5. The molecule has 0 amide bonds. The second-order valence-electron chi connectivity index (χ2n) is 5.00. The van der Waals surface area contributed by atoms with Crippen LogP contribution in [0.3, 0.4) is 0 Å². The second kappa shape index (κ2) is 7.88. The summed E-state index contributed by atoms with van der Waals surface area (Å²) in [7, 11) is 0. The van der Waals surface area contributed by atoms with Crippen LogP contribution in [0.1, 0.15) is 35.3 Å². The molecule has 0 spiro atoms. The Labute approximate surface area is 129 Å². The number of rotatable bonds is 4. The summed E-state index contributed by atoms with van der Waals surface area (Å²) in [6.45, 7) is 7.82. The van der Waals surface area contributed by atoms with E-state index < -0.39 is 0 Å². The van der Waals surface area contributed by atoms with Gasteiger partial charge in [0.15, 0.2) is 5.96 Å². The summed E-state index contributed by atoms with van der Waals surface area (Å²) >= 11 is 3.77. The van der Waals surface area contributed by atoms with E-state index in [1.165, 1.54) is 29.2 Å². The van der Waals surface area contributed by atoms with Gasteiger partial charge in [0.05, 0.1) is 12.2 Å². The molecule has 0 radical (unpaired) electrons. The first-order valence-electron chi connectivity index (χ1n) is 7.24. The smallest absolute Gasteiger partial charge is 0.191 e. The highest BCUT2D eigenvalue weighted by Gasteiger charge is 2.14. The van der Waals surface area contributed by atoms with E-state index in [9.17, 15) is 0 Å². The highest BCUT2D eigenvalue weighted by Crippen LogP contribution is 2.18. The Morgan fingerprint density at radius 2 is 2.30 bits per heavy atom. The lowest BCUT2D eigenvalue weighted by atomic mass is 10.2. The monoisotopic (exact) mass is 312 g/mol. The Balaban J connectivity index is 1.93. The van der Waals surface area contributed by atoms with Crippen LogP contribution in [0, 0.1) is 13.8 Å². The van der Waals surface area contributed by atoms with Gasteiger partial charge in [0.2, 0.25) is 0 Å². The van der Waals surface area contributed by atoms with Crippen LogP contribution in [0.2, 0.25) is 0 Å². The first-order valence-corrected chi connectivity index (χ1v) is 9.21. The average Bonchev–Trinajstić information content (AvgIpc) is 2.77. The van der Waals surface area contributed by atoms with E-state index >= 15 is 0 Å². The van der Waals surface area contributed by atoms with E-state index in [0.717, 1.165) is 23.2 Å². The lowest BCUT2D eigenvalue weighted by molar-refractivity contribution is 0.582. The minimum atomic E-state index is 0.548. The molecular formula is C14H24N4S2. The lowest BCUT2D eigenvalue weighted by Crippen LogP contribution is -2.45. The van der Waals surface area contributed by atoms with Crippen LogP contribution in [0.5, 0.6) is 0 Å². The van der Waals surface area contributed by atoms with Crippen LogP contribution in [0.25, 0.3) is 0 Å². The molecule has 2 heterocycles. The highest BCUT2D eigenvalue weighted by molar-refractivity contribution is 7.99. The zero-order valence-electron chi connectivity index (χ0n) is 12.5. The molecule has 0 bridgehead atoms. The molecule has 6 heteroatoms. The number of aliphatic imine (C=N–C) groups is 1. The van der Waals surface area contributed by atoms with Crippen molar-refractivity contribution in [3.8, 4) is 0 Å². The predicted molar refractivity (Wildman–Crippen MR) is 89.9 cm³/mol. The molecule has 0 aliphatic carbocycles. The summed E-state index contributed by atoms with van der Waals surface area (Å²) in [6.07, 6.45) is 2.54. The number of hydrogen-bond acceptors (Lipinski definition) is 4. The van der Waals surface area contributed by atoms with Crippen molar-refractivity contribution in [2.45, 2.75) is 46.2 Å². The largest absolute Gasteiger partial charge is 0.357 e. The number of aromatic nitrogens is 1. The molecule has 0 aromatic carbocycles. The van der Waals surface area contributed by atoms with Crippen molar-refractivity contribution in [3.63, 3.8) is 0 Å². The van der Waals surface area contributed by atoms with Gasteiger partial charge in [0.25, 0.3) is 0 Å². The number of aryl methyl sites for hydroxylation is 2. The van der Waals surface area contributed by atoms with Crippen LogP contribution < -0.4 is 10.6 Å². The minimum Gasteiger partial charge on any atom is -0.357 e. The van der Waals surface area contributed by atoms with Gasteiger partial charge in [-0.25, -0.2) is 9.98 Å². The third kappa shape index (κ3) is 4.66. The fourth-order valence-electron chi connectivity index (χ4n) is 2.12. The van der Waals surface area contributed by atoms with E-state index in [4.69, 9.17) is 0 Å². The highest BCUT2D eigenvalue weighted by atomic mass is 32.2. The lowest BCUT2D eigenvalue weighted by Gasteiger charge is -2.24. The number of hydrogen-bond donors (Lipinski definition) is 2. The number of nitrogens with one attached hydrogen (secondary N) is 2. The van der Waals surface area contributed by atoms with Crippen molar-refractivity contribution in [2.75, 3.05) is 18.1 Å². The zero-order chi connectivity index (χ0) is 14.4. The van der Waals surface area contributed by atoms with Gasteiger partial charge in [-0.1, -0.05) is 0 Å². The predicted octanol–water partition coefficient (Wildman–Crippen LogP) is 2.71. The molecule has 1 aromatic rings. The van der Waals surface area contributed by atoms with Gasteiger partial charge in [0.1, 0.15) is 5.01 Å². The standard InChI is InChI=1S/C14H24N4S2/c1-4-15-14(18-12-6-5-7-19-9-12)16-8-13-17-10(2)11(3)20-13/h12H,4-9H2,1-3H3,(H2,15,16,18). The third-order valence-electron chi connectivity index (χ3n) is 3.29. The van der Waals surface area contributed by atoms with E-state index in [1.807, 2.05) is 11.8 Å². The molecule has 1 aliphatic heterocycles. The van der Waals surface area contributed by atoms with Crippen molar-refractivity contribution < 1.29 is 0 Å².